The minimum absolute atomic E-state index is 0.0705. The van der Waals surface area contributed by atoms with Crippen LogP contribution >= 0.6 is 0 Å². The average molecular weight is 346 g/mol. The molecule has 2 aliphatic rings. The number of amides is 2. The molecule has 1 saturated carbocycles. The lowest BCUT2D eigenvalue weighted by Gasteiger charge is -2.40. The third-order valence-corrected chi connectivity index (χ3v) is 5.57. The van der Waals surface area contributed by atoms with Gasteiger partial charge in [0.05, 0.1) is 6.04 Å². The molecule has 2 amide bonds. The molecule has 1 aromatic rings. The Balaban J connectivity index is 1.77. The standard InChI is InChI=1S/C19H30N4O2/c1-13(2)17-20-9-11-23(17)16-6-5-10-22(12-16)18(25)19(4,15-7-8-15)21-14(3)24/h9,11,13,15-16H,5-8,10,12H2,1-4H3,(H,21,24). The number of carbonyl (C=O) groups excluding carboxylic acids is 2. The zero-order valence-electron chi connectivity index (χ0n) is 15.8. The Morgan fingerprint density at radius 2 is 2.04 bits per heavy atom. The topological polar surface area (TPSA) is 67.2 Å². The second-order valence-electron chi connectivity index (χ2n) is 8.05. The van der Waals surface area contributed by atoms with Crippen molar-refractivity contribution in [3.63, 3.8) is 0 Å². The second kappa shape index (κ2) is 6.81. The summed E-state index contributed by atoms with van der Waals surface area (Å²) < 4.78 is 2.23. The van der Waals surface area contributed by atoms with E-state index in [-0.39, 0.29) is 23.8 Å². The number of likely N-dealkylation sites (tertiary alicyclic amines) is 1. The van der Waals surface area contributed by atoms with Crippen molar-refractivity contribution < 1.29 is 9.59 Å². The summed E-state index contributed by atoms with van der Waals surface area (Å²) in [5, 5.41) is 2.95. The van der Waals surface area contributed by atoms with Crippen molar-refractivity contribution >= 4 is 11.8 Å². The van der Waals surface area contributed by atoms with Gasteiger partial charge in [-0.1, -0.05) is 13.8 Å². The van der Waals surface area contributed by atoms with Crippen LogP contribution in [0.15, 0.2) is 12.4 Å². The van der Waals surface area contributed by atoms with Crippen LogP contribution in [0.1, 0.15) is 71.2 Å². The Morgan fingerprint density at radius 3 is 2.64 bits per heavy atom. The number of piperidine rings is 1. The lowest BCUT2D eigenvalue weighted by Crippen LogP contribution is -2.60. The van der Waals surface area contributed by atoms with Crippen LogP contribution in [-0.4, -0.2) is 44.9 Å². The first kappa shape index (κ1) is 18.0. The molecule has 1 aromatic heterocycles. The summed E-state index contributed by atoms with van der Waals surface area (Å²) in [6, 6.07) is 0.262. The highest BCUT2D eigenvalue weighted by atomic mass is 16.2. The SMILES string of the molecule is CC(=O)NC(C)(C(=O)N1CCCC(n2ccnc2C(C)C)C1)C1CC1. The normalized spacial score (nSPS) is 23.4. The van der Waals surface area contributed by atoms with Gasteiger partial charge in [-0.2, -0.15) is 0 Å². The fourth-order valence-electron chi connectivity index (χ4n) is 4.13. The van der Waals surface area contributed by atoms with E-state index >= 15 is 0 Å². The quantitative estimate of drug-likeness (QED) is 0.890. The Morgan fingerprint density at radius 1 is 1.32 bits per heavy atom. The van der Waals surface area contributed by atoms with Crippen molar-refractivity contribution in [2.45, 2.75) is 70.9 Å². The summed E-state index contributed by atoms with van der Waals surface area (Å²) in [5.41, 5.74) is -0.760. The highest BCUT2D eigenvalue weighted by molar-refractivity contribution is 5.91. The van der Waals surface area contributed by atoms with Gasteiger partial charge in [-0.25, -0.2) is 4.98 Å². The lowest BCUT2D eigenvalue weighted by molar-refractivity contribution is -0.143. The van der Waals surface area contributed by atoms with Gasteiger partial charge in [-0.15, -0.1) is 0 Å². The number of hydrogen-bond acceptors (Lipinski definition) is 3. The smallest absolute Gasteiger partial charge is 0.248 e. The maximum Gasteiger partial charge on any atom is 0.248 e. The van der Waals surface area contributed by atoms with E-state index in [2.05, 4.69) is 28.7 Å². The minimum Gasteiger partial charge on any atom is -0.342 e. The van der Waals surface area contributed by atoms with Crippen LogP contribution in [0, 0.1) is 5.92 Å². The molecule has 2 unspecified atom stereocenters. The highest BCUT2D eigenvalue weighted by Crippen LogP contribution is 2.41. The molecular formula is C19H30N4O2. The maximum absolute atomic E-state index is 13.3. The lowest BCUT2D eigenvalue weighted by atomic mass is 9.92. The fourth-order valence-corrected chi connectivity index (χ4v) is 4.13. The molecule has 3 rings (SSSR count). The van der Waals surface area contributed by atoms with Crippen LogP contribution in [-0.2, 0) is 9.59 Å². The molecule has 0 bridgehead atoms. The third kappa shape index (κ3) is 3.58. The number of nitrogens with zero attached hydrogens (tertiary/aromatic N) is 3. The second-order valence-corrected chi connectivity index (χ2v) is 8.05. The van der Waals surface area contributed by atoms with Crippen LogP contribution in [0.4, 0.5) is 0 Å². The predicted molar refractivity (Wildman–Crippen MR) is 96.1 cm³/mol. The van der Waals surface area contributed by atoms with Gasteiger partial charge in [0, 0.05) is 38.3 Å². The molecule has 2 atom stereocenters. The van der Waals surface area contributed by atoms with E-state index in [4.69, 9.17) is 0 Å². The highest BCUT2D eigenvalue weighted by Gasteiger charge is 2.50. The van der Waals surface area contributed by atoms with Crippen molar-refractivity contribution in [2.24, 2.45) is 5.92 Å². The zero-order chi connectivity index (χ0) is 18.2. The Labute approximate surface area is 150 Å². The molecule has 1 aliphatic carbocycles. The van der Waals surface area contributed by atoms with Crippen LogP contribution < -0.4 is 5.32 Å². The summed E-state index contributed by atoms with van der Waals surface area (Å²) in [6.07, 6.45) is 7.94. The number of carbonyl (C=O) groups is 2. The van der Waals surface area contributed by atoms with E-state index in [1.165, 1.54) is 6.92 Å². The number of hydrogen-bond donors (Lipinski definition) is 1. The number of nitrogens with one attached hydrogen (secondary N) is 1. The first-order valence-corrected chi connectivity index (χ1v) is 9.43. The Hall–Kier alpha value is -1.85. The van der Waals surface area contributed by atoms with E-state index in [0.717, 1.165) is 38.1 Å². The first-order chi connectivity index (χ1) is 11.8. The Bertz CT molecular complexity index is 650. The van der Waals surface area contributed by atoms with E-state index in [1.807, 2.05) is 24.2 Å². The van der Waals surface area contributed by atoms with Crippen molar-refractivity contribution in [3.05, 3.63) is 18.2 Å². The van der Waals surface area contributed by atoms with Gasteiger partial charge >= 0.3 is 0 Å². The molecule has 1 saturated heterocycles. The van der Waals surface area contributed by atoms with Crippen molar-refractivity contribution in [1.82, 2.24) is 19.8 Å². The van der Waals surface area contributed by atoms with Gasteiger partial charge < -0.3 is 14.8 Å². The van der Waals surface area contributed by atoms with Crippen LogP contribution in [0.5, 0.6) is 0 Å². The molecule has 6 nitrogen and oxygen atoms in total. The van der Waals surface area contributed by atoms with Crippen LogP contribution in [0.3, 0.4) is 0 Å². The number of imidazole rings is 1. The van der Waals surface area contributed by atoms with Crippen molar-refractivity contribution in [3.8, 4) is 0 Å². The largest absolute Gasteiger partial charge is 0.342 e. The minimum atomic E-state index is -0.760. The molecule has 2 heterocycles. The van der Waals surface area contributed by atoms with Gasteiger partial charge in [0.15, 0.2) is 0 Å². The van der Waals surface area contributed by atoms with E-state index in [9.17, 15) is 9.59 Å². The van der Waals surface area contributed by atoms with Crippen molar-refractivity contribution in [1.29, 1.82) is 0 Å². The third-order valence-electron chi connectivity index (χ3n) is 5.57. The predicted octanol–water partition coefficient (Wildman–Crippen LogP) is 2.47. The summed E-state index contributed by atoms with van der Waals surface area (Å²) in [4.78, 5) is 31.4. The van der Waals surface area contributed by atoms with Gasteiger partial charge in [-0.3, -0.25) is 9.59 Å². The molecule has 0 aromatic carbocycles. The van der Waals surface area contributed by atoms with E-state index in [0.29, 0.717) is 12.5 Å². The van der Waals surface area contributed by atoms with Crippen LogP contribution in [0.2, 0.25) is 0 Å². The molecular weight excluding hydrogens is 316 g/mol. The first-order valence-electron chi connectivity index (χ1n) is 9.43. The molecule has 1 N–H and O–H groups in total. The number of rotatable bonds is 5. The Kier molecular flexibility index (Phi) is 4.89. The molecule has 0 radical (unpaired) electrons. The van der Waals surface area contributed by atoms with Crippen molar-refractivity contribution in [2.75, 3.05) is 13.1 Å². The maximum atomic E-state index is 13.3. The molecule has 0 spiro atoms. The van der Waals surface area contributed by atoms with Gasteiger partial charge in [0.25, 0.3) is 0 Å². The van der Waals surface area contributed by atoms with Gasteiger partial charge in [0.1, 0.15) is 11.4 Å². The molecule has 25 heavy (non-hydrogen) atoms. The van der Waals surface area contributed by atoms with E-state index in [1.54, 1.807) is 0 Å². The van der Waals surface area contributed by atoms with Crippen LogP contribution in [0.25, 0.3) is 0 Å². The average Bonchev–Trinajstić information content (AvgIpc) is 3.30. The summed E-state index contributed by atoms with van der Waals surface area (Å²) in [7, 11) is 0. The summed E-state index contributed by atoms with van der Waals surface area (Å²) >= 11 is 0. The summed E-state index contributed by atoms with van der Waals surface area (Å²) in [6.45, 7) is 9.14. The summed E-state index contributed by atoms with van der Waals surface area (Å²) in [5.74, 6) is 1.64. The molecule has 6 heteroatoms. The van der Waals surface area contributed by atoms with E-state index < -0.39 is 5.54 Å². The molecule has 138 valence electrons. The van der Waals surface area contributed by atoms with Gasteiger partial charge in [0.2, 0.25) is 11.8 Å². The zero-order valence-corrected chi connectivity index (χ0v) is 15.8. The fraction of sp³-hybridized carbons (Fsp3) is 0.737. The molecule has 1 aliphatic heterocycles. The molecule has 2 fully saturated rings. The monoisotopic (exact) mass is 346 g/mol. The number of aromatic nitrogens is 2. The van der Waals surface area contributed by atoms with Gasteiger partial charge in [-0.05, 0) is 38.5 Å².